The molecule has 3 nitrogen and oxygen atoms in total. The van der Waals surface area contributed by atoms with Crippen LogP contribution in [0.5, 0.6) is 0 Å². The van der Waals surface area contributed by atoms with Crippen molar-refractivity contribution in [2.24, 2.45) is 11.7 Å². The number of rotatable bonds is 0. The van der Waals surface area contributed by atoms with Crippen molar-refractivity contribution in [3.63, 3.8) is 0 Å². The molecule has 0 radical (unpaired) electrons. The van der Waals surface area contributed by atoms with Crippen molar-refractivity contribution < 1.29 is 9.90 Å². The summed E-state index contributed by atoms with van der Waals surface area (Å²) in [7, 11) is 0. The van der Waals surface area contributed by atoms with E-state index in [1.54, 1.807) is 6.08 Å². The smallest absolute Gasteiger partial charge is 0.242 e. The number of ketones is 1. The van der Waals surface area contributed by atoms with Gasteiger partial charge in [0.05, 0.1) is 5.70 Å². The predicted octanol–water partition coefficient (Wildman–Crippen LogP) is 0.490. The van der Waals surface area contributed by atoms with Gasteiger partial charge in [-0.25, -0.2) is 0 Å². The van der Waals surface area contributed by atoms with Gasteiger partial charge in [-0.2, -0.15) is 0 Å². The summed E-state index contributed by atoms with van der Waals surface area (Å²) in [6.07, 6.45) is 3.08. The fourth-order valence-electron chi connectivity index (χ4n) is 0.880. The molecule has 0 spiro atoms. The number of carbonyl (C=O) groups is 1. The molecule has 1 rings (SSSR count). The van der Waals surface area contributed by atoms with E-state index in [2.05, 4.69) is 0 Å². The molecule has 0 saturated carbocycles. The third-order valence-electron chi connectivity index (χ3n) is 1.36. The van der Waals surface area contributed by atoms with Crippen molar-refractivity contribution in [2.45, 2.75) is 6.92 Å². The molecular weight excluding hydrogens is 130 g/mol. The number of aliphatic hydroxyl groups is 1. The van der Waals surface area contributed by atoms with Gasteiger partial charge >= 0.3 is 0 Å². The summed E-state index contributed by atoms with van der Waals surface area (Å²) < 4.78 is 0. The normalized spacial score (nSPS) is 25.7. The largest absolute Gasteiger partial charge is 0.504 e. The fourth-order valence-corrected chi connectivity index (χ4v) is 0.880. The van der Waals surface area contributed by atoms with Crippen LogP contribution in [0.2, 0.25) is 0 Å². The highest BCUT2D eigenvalue weighted by Crippen LogP contribution is 2.13. The molecule has 0 bridgehead atoms. The van der Waals surface area contributed by atoms with Crippen LogP contribution in [0.15, 0.2) is 23.6 Å². The molecule has 1 aliphatic carbocycles. The Hall–Kier alpha value is -1.25. The first kappa shape index (κ1) is 6.86. The summed E-state index contributed by atoms with van der Waals surface area (Å²) in [5.74, 6) is -0.664. The van der Waals surface area contributed by atoms with E-state index >= 15 is 0 Å². The summed E-state index contributed by atoms with van der Waals surface area (Å²) in [5, 5.41) is 8.91. The topological polar surface area (TPSA) is 63.3 Å². The van der Waals surface area contributed by atoms with E-state index < -0.39 is 5.78 Å². The number of aliphatic hydroxyl groups excluding tert-OH is 1. The van der Waals surface area contributed by atoms with Crippen LogP contribution >= 0.6 is 0 Å². The van der Waals surface area contributed by atoms with Crippen LogP contribution in [0.3, 0.4) is 0 Å². The quantitative estimate of drug-likeness (QED) is 0.513. The molecule has 0 aromatic heterocycles. The Morgan fingerprint density at radius 2 is 2.20 bits per heavy atom. The Morgan fingerprint density at radius 3 is 2.70 bits per heavy atom. The van der Waals surface area contributed by atoms with Crippen molar-refractivity contribution in [1.82, 2.24) is 0 Å². The molecule has 54 valence electrons. The third-order valence-corrected chi connectivity index (χ3v) is 1.36. The van der Waals surface area contributed by atoms with E-state index in [9.17, 15) is 4.79 Å². The van der Waals surface area contributed by atoms with Crippen LogP contribution in [0.25, 0.3) is 0 Å². The zero-order valence-corrected chi connectivity index (χ0v) is 5.66. The lowest BCUT2D eigenvalue weighted by Gasteiger charge is -2.09. The van der Waals surface area contributed by atoms with Gasteiger partial charge in [-0.3, -0.25) is 4.79 Å². The minimum absolute atomic E-state index is 0.0534. The van der Waals surface area contributed by atoms with E-state index in [-0.39, 0.29) is 17.4 Å². The average Bonchev–Trinajstić information content (AvgIpc) is 1.82. The van der Waals surface area contributed by atoms with Crippen LogP contribution < -0.4 is 5.73 Å². The Bertz CT molecular complexity index is 206. The zero-order chi connectivity index (χ0) is 7.72. The summed E-state index contributed by atoms with van der Waals surface area (Å²) in [6.45, 7) is 1.84. The van der Waals surface area contributed by atoms with Crippen LogP contribution in [0, 0.1) is 5.92 Å². The first-order chi connectivity index (χ1) is 4.61. The number of allylic oxidation sites excluding steroid dienone is 2. The van der Waals surface area contributed by atoms with Gasteiger partial charge in [0.25, 0.3) is 0 Å². The Balaban J connectivity index is 2.94. The van der Waals surface area contributed by atoms with Gasteiger partial charge in [-0.15, -0.1) is 0 Å². The lowest BCUT2D eigenvalue weighted by Crippen LogP contribution is -2.18. The van der Waals surface area contributed by atoms with E-state index in [0.717, 1.165) is 0 Å². The molecule has 0 heterocycles. The van der Waals surface area contributed by atoms with Crippen molar-refractivity contribution in [3.05, 3.63) is 23.6 Å². The molecule has 1 unspecified atom stereocenters. The Morgan fingerprint density at radius 1 is 1.60 bits per heavy atom. The molecule has 3 heteroatoms. The van der Waals surface area contributed by atoms with Crippen molar-refractivity contribution in [2.75, 3.05) is 0 Å². The number of carbonyl (C=O) groups excluding carboxylic acids is 1. The van der Waals surface area contributed by atoms with Crippen LogP contribution in [-0.4, -0.2) is 10.9 Å². The molecular formula is C7H9NO2. The summed E-state index contributed by atoms with van der Waals surface area (Å²) in [5.41, 5.74) is 5.40. The molecule has 10 heavy (non-hydrogen) atoms. The highest BCUT2D eigenvalue weighted by Gasteiger charge is 2.16. The molecule has 0 fully saturated rings. The predicted molar refractivity (Wildman–Crippen MR) is 37.2 cm³/mol. The minimum Gasteiger partial charge on any atom is -0.504 e. The third kappa shape index (κ3) is 1.03. The van der Waals surface area contributed by atoms with Gasteiger partial charge in [-0.05, 0) is 12.0 Å². The second kappa shape index (κ2) is 2.17. The molecule has 0 saturated heterocycles. The first-order valence-corrected chi connectivity index (χ1v) is 3.04. The highest BCUT2D eigenvalue weighted by atomic mass is 16.3. The SMILES string of the molecule is CC1C=C(N)C(=O)C(O)=C1. The van der Waals surface area contributed by atoms with Gasteiger partial charge in [0, 0.05) is 0 Å². The Labute approximate surface area is 58.8 Å². The van der Waals surface area contributed by atoms with E-state index in [4.69, 9.17) is 10.8 Å². The maximum atomic E-state index is 10.8. The summed E-state index contributed by atoms with van der Waals surface area (Å²) in [4.78, 5) is 10.8. The van der Waals surface area contributed by atoms with Crippen molar-refractivity contribution >= 4 is 5.78 Å². The maximum absolute atomic E-state index is 10.8. The summed E-state index contributed by atoms with van der Waals surface area (Å²) >= 11 is 0. The highest BCUT2D eigenvalue weighted by molar-refractivity contribution is 6.06. The molecule has 3 N–H and O–H groups in total. The Kier molecular flexibility index (Phi) is 1.49. The average molecular weight is 139 g/mol. The van der Waals surface area contributed by atoms with Crippen molar-refractivity contribution in [3.8, 4) is 0 Å². The molecule has 0 aromatic carbocycles. The van der Waals surface area contributed by atoms with Gasteiger partial charge in [0.1, 0.15) is 0 Å². The summed E-state index contributed by atoms with van der Waals surface area (Å²) in [6, 6.07) is 0. The molecule has 0 amide bonds. The number of Topliss-reactive ketones (excluding diaryl/α,β-unsaturated/α-hetero) is 1. The first-order valence-electron chi connectivity index (χ1n) is 3.04. The second-order valence-electron chi connectivity index (χ2n) is 2.36. The van der Waals surface area contributed by atoms with Gasteiger partial charge < -0.3 is 10.8 Å². The maximum Gasteiger partial charge on any atom is 0.242 e. The van der Waals surface area contributed by atoms with Crippen molar-refractivity contribution in [1.29, 1.82) is 0 Å². The second-order valence-corrected chi connectivity index (χ2v) is 2.36. The number of nitrogens with two attached hydrogens (primary N) is 1. The molecule has 1 aliphatic rings. The van der Waals surface area contributed by atoms with Gasteiger partial charge in [0.15, 0.2) is 5.76 Å². The minimum atomic E-state index is -0.474. The van der Waals surface area contributed by atoms with Gasteiger partial charge in [0.2, 0.25) is 5.78 Å². The fraction of sp³-hybridized carbons (Fsp3) is 0.286. The monoisotopic (exact) mass is 139 g/mol. The molecule has 1 atom stereocenters. The number of hydrogen-bond donors (Lipinski definition) is 2. The van der Waals surface area contributed by atoms with E-state index in [0.29, 0.717) is 0 Å². The van der Waals surface area contributed by atoms with E-state index in [1.165, 1.54) is 6.08 Å². The van der Waals surface area contributed by atoms with Crippen LogP contribution in [0.4, 0.5) is 0 Å². The lowest BCUT2D eigenvalue weighted by atomic mass is 10.0. The standard InChI is InChI=1S/C7H9NO2/c1-4-2-5(8)7(10)6(9)3-4/h2-4,9H,8H2,1H3. The lowest BCUT2D eigenvalue weighted by molar-refractivity contribution is -0.114. The van der Waals surface area contributed by atoms with Crippen LogP contribution in [-0.2, 0) is 4.79 Å². The molecule has 0 aromatic rings. The molecule has 0 aliphatic heterocycles. The van der Waals surface area contributed by atoms with E-state index in [1.807, 2.05) is 6.92 Å². The van der Waals surface area contributed by atoms with Gasteiger partial charge in [-0.1, -0.05) is 13.0 Å². The zero-order valence-electron chi connectivity index (χ0n) is 5.66. The van der Waals surface area contributed by atoms with Crippen LogP contribution in [0.1, 0.15) is 6.92 Å². The number of hydrogen-bond acceptors (Lipinski definition) is 3.